The van der Waals surface area contributed by atoms with Crippen LogP contribution in [-0.2, 0) is 17.9 Å². The van der Waals surface area contributed by atoms with Crippen LogP contribution in [0.4, 0.5) is 5.82 Å². The lowest BCUT2D eigenvalue weighted by molar-refractivity contribution is -0.125. The normalized spacial score (nSPS) is 14.1. The summed E-state index contributed by atoms with van der Waals surface area (Å²) in [5.74, 6) is 0.528. The first-order chi connectivity index (χ1) is 14.6. The Balaban J connectivity index is 0.00000272. The number of benzene rings is 2. The third kappa shape index (κ3) is 5.84. The Labute approximate surface area is 190 Å². The van der Waals surface area contributed by atoms with Crippen molar-refractivity contribution in [1.29, 1.82) is 0 Å². The number of hydrogen-bond donors (Lipinski definition) is 1. The van der Waals surface area contributed by atoms with E-state index in [4.69, 9.17) is 5.73 Å². The molecule has 0 spiro atoms. The number of carbonyl (C=O) groups is 1. The van der Waals surface area contributed by atoms with Crippen LogP contribution in [0.1, 0.15) is 29.5 Å². The van der Waals surface area contributed by atoms with Crippen molar-refractivity contribution in [2.75, 3.05) is 25.9 Å². The maximum Gasteiger partial charge on any atom is 0.246 e. The Bertz CT molecular complexity index is 1080. The van der Waals surface area contributed by atoms with Gasteiger partial charge in [0.05, 0.1) is 0 Å². The highest BCUT2D eigenvalue weighted by Gasteiger charge is 2.14. The van der Waals surface area contributed by atoms with Crippen LogP contribution in [0, 0.1) is 0 Å². The van der Waals surface area contributed by atoms with Gasteiger partial charge in [-0.05, 0) is 66.0 Å². The molecule has 31 heavy (non-hydrogen) atoms. The summed E-state index contributed by atoms with van der Waals surface area (Å²) in [4.78, 5) is 21.0. The van der Waals surface area contributed by atoms with E-state index in [9.17, 15) is 4.79 Å². The lowest BCUT2D eigenvalue weighted by Crippen LogP contribution is -2.24. The highest BCUT2D eigenvalue weighted by atomic mass is 35.5. The van der Waals surface area contributed by atoms with Gasteiger partial charge < -0.3 is 10.6 Å². The molecular weight excluding hydrogens is 408 g/mol. The van der Waals surface area contributed by atoms with Crippen LogP contribution >= 0.6 is 12.4 Å². The van der Waals surface area contributed by atoms with Crippen molar-refractivity contribution in [2.24, 2.45) is 0 Å². The first-order valence-electron chi connectivity index (χ1n) is 10.5. The molecule has 0 saturated carbocycles. The molecule has 2 N–H and O–H groups in total. The summed E-state index contributed by atoms with van der Waals surface area (Å²) in [5, 5.41) is 2.39. The van der Waals surface area contributed by atoms with Gasteiger partial charge in [-0.2, -0.15) is 0 Å². The molecule has 0 bridgehead atoms. The molecule has 1 aliphatic heterocycles. The molecule has 1 amide bonds. The number of fused-ring (bicyclic) bond motifs is 1. The van der Waals surface area contributed by atoms with Gasteiger partial charge >= 0.3 is 0 Å². The van der Waals surface area contributed by atoms with Crippen LogP contribution in [0.25, 0.3) is 16.8 Å². The summed E-state index contributed by atoms with van der Waals surface area (Å²) in [7, 11) is 1.82. The molecule has 2 heterocycles. The van der Waals surface area contributed by atoms with E-state index in [2.05, 4.69) is 40.2 Å². The molecule has 162 valence electrons. The second-order valence-corrected chi connectivity index (χ2v) is 8.01. The number of amides is 1. The SMILES string of the molecule is CN(Cc1ccc2ccccc2c1)C(=O)C=Cc1cnc(N)c(CN2CCCC2)c1.Cl. The maximum atomic E-state index is 12.6. The van der Waals surface area contributed by atoms with Gasteiger partial charge in [0.15, 0.2) is 0 Å². The second-order valence-electron chi connectivity index (χ2n) is 8.01. The third-order valence-electron chi connectivity index (χ3n) is 5.64. The molecule has 1 fully saturated rings. The number of hydrogen-bond acceptors (Lipinski definition) is 4. The van der Waals surface area contributed by atoms with Crippen LogP contribution in [0.3, 0.4) is 0 Å². The number of rotatable bonds is 6. The highest BCUT2D eigenvalue weighted by molar-refractivity contribution is 5.91. The molecule has 2 aromatic carbocycles. The van der Waals surface area contributed by atoms with Gasteiger partial charge in [0.2, 0.25) is 5.91 Å². The molecule has 0 radical (unpaired) electrons. The van der Waals surface area contributed by atoms with Crippen molar-refractivity contribution in [1.82, 2.24) is 14.8 Å². The largest absolute Gasteiger partial charge is 0.383 e. The molecule has 1 aromatic heterocycles. The molecule has 6 heteroatoms. The number of nitrogen functional groups attached to an aromatic ring is 1. The zero-order chi connectivity index (χ0) is 20.9. The number of pyridine rings is 1. The Morgan fingerprint density at radius 2 is 1.87 bits per heavy atom. The van der Waals surface area contributed by atoms with Gasteiger partial charge in [0.1, 0.15) is 5.82 Å². The minimum atomic E-state index is -0.0407. The molecule has 0 aliphatic carbocycles. The zero-order valence-corrected chi connectivity index (χ0v) is 18.6. The van der Waals surface area contributed by atoms with Crippen LogP contribution in [-0.4, -0.2) is 40.8 Å². The van der Waals surface area contributed by atoms with Gasteiger partial charge in [-0.15, -0.1) is 12.4 Å². The zero-order valence-electron chi connectivity index (χ0n) is 17.8. The first-order valence-corrected chi connectivity index (χ1v) is 10.5. The van der Waals surface area contributed by atoms with Crippen LogP contribution in [0.2, 0.25) is 0 Å². The number of nitrogens with two attached hydrogens (primary N) is 1. The van der Waals surface area contributed by atoms with E-state index >= 15 is 0 Å². The Morgan fingerprint density at radius 3 is 2.65 bits per heavy atom. The van der Waals surface area contributed by atoms with Gasteiger partial charge in [0, 0.05) is 38.0 Å². The van der Waals surface area contributed by atoms with Crippen LogP contribution in [0.15, 0.2) is 60.8 Å². The molecule has 1 aliphatic rings. The molecular formula is C25H29ClN4O. The van der Waals surface area contributed by atoms with Crippen molar-refractivity contribution in [2.45, 2.75) is 25.9 Å². The summed E-state index contributed by atoms with van der Waals surface area (Å²) in [6.07, 6.45) is 7.62. The number of aromatic nitrogens is 1. The Morgan fingerprint density at radius 1 is 1.13 bits per heavy atom. The first kappa shape index (κ1) is 22.8. The van der Waals surface area contributed by atoms with E-state index in [0.717, 1.165) is 36.3 Å². The number of anilines is 1. The summed E-state index contributed by atoms with van der Waals surface area (Å²) < 4.78 is 0. The fourth-order valence-electron chi connectivity index (χ4n) is 3.92. The minimum absolute atomic E-state index is 0. The number of carbonyl (C=O) groups excluding carboxylic acids is 1. The third-order valence-corrected chi connectivity index (χ3v) is 5.64. The van der Waals surface area contributed by atoms with Crippen molar-refractivity contribution < 1.29 is 4.79 Å². The molecule has 3 aromatic rings. The standard InChI is InChI=1S/C25H28N4O.ClH/c1-28(17-20-8-10-21-6-2-3-7-22(21)15-20)24(30)11-9-19-14-23(25(26)27-16-19)18-29-12-4-5-13-29;/h2-3,6-11,14-16H,4-5,12-13,17-18H2,1H3,(H2,26,27);1H. The average Bonchev–Trinajstić information content (AvgIpc) is 3.27. The van der Waals surface area contributed by atoms with Crippen molar-refractivity contribution in [3.63, 3.8) is 0 Å². The molecule has 0 atom stereocenters. The van der Waals surface area contributed by atoms with E-state index in [1.807, 2.05) is 31.3 Å². The van der Waals surface area contributed by atoms with Crippen LogP contribution in [0.5, 0.6) is 0 Å². The van der Waals surface area contributed by atoms with Gasteiger partial charge in [0.25, 0.3) is 0 Å². The van der Waals surface area contributed by atoms with Crippen molar-refractivity contribution in [3.8, 4) is 0 Å². The molecule has 4 rings (SSSR count). The summed E-state index contributed by atoms with van der Waals surface area (Å²) in [6.45, 7) is 3.60. The molecule has 0 unspecified atom stereocenters. The number of halogens is 1. The second kappa shape index (κ2) is 10.4. The quantitative estimate of drug-likeness (QED) is 0.577. The smallest absolute Gasteiger partial charge is 0.246 e. The number of likely N-dealkylation sites (N-methyl/N-ethyl adjacent to an activating group) is 1. The molecule has 5 nitrogen and oxygen atoms in total. The lowest BCUT2D eigenvalue weighted by Gasteiger charge is -2.16. The Kier molecular flexibility index (Phi) is 7.66. The number of nitrogens with zero attached hydrogens (tertiary/aromatic N) is 3. The average molecular weight is 437 g/mol. The van der Waals surface area contributed by atoms with E-state index in [1.165, 1.54) is 23.6 Å². The maximum absolute atomic E-state index is 12.6. The van der Waals surface area contributed by atoms with Crippen LogP contribution < -0.4 is 5.73 Å². The fraction of sp³-hybridized carbons (Fsp3) is 0.280. The molecule has 1 saturated heterocycles. The Hall–Kier alpha value is -2.89. The monoisotopic (exact) mass is 436 g/mol. The highest BCUT2D eigenvalue weighted by Crippen LogP contribution is 2.19. The minimum Gasteiger partial charge on any atom is -0.383 e. The van der Waals surface area contributed by atoms with Gasteiger partial charge in [-0.1, -0.05) is 36.4 Å². The number of likely N-dealkylation sites (tertiary alicyclic amines) is 1. The van der Waals surface area contributed by atoms with Crippen molar-refractivity contribution in [3.05, 3.63) is 77.5 Å². The topological polar surface area (TPSA) is 62.5 Å². The van der Waals surface area contributed by atoms with E-state index in [1.54, 1.807) is 17.2 Å². The summed E-state index contributed by atoms with van der Waals surface area (Å²) in [5.41, 5.74) is 9.09. The predicted molar refractivity (Wildman–Crippen MR) is 130 cm³/mol. The van der Waals surface area contributed by atoms with E-state index in [-0.39, 0.29) is 18.3 Å². The van der Waals surface area contributed by atoms with E-state index < -0.39 is 0 Å². The van der Waals surface area contributed by atoms with Gasteiger partial charge in [-0.25, -0.2) is 4.98 Å². The fourth-order valence-corrected chi connectivity index (χ4v) is 3.92. The summed E-state index contributed by atoms with van der Waals surface area (Å²) in [6, 6.07) is 16.6. The van der Waals surface area contributed by atoms with Gasteiger partial charge in [-0.3, -0.25) is 9.69 Å². The van der Waals surface area contributed by atoms with Crippen molar-refractivity contribution >= 4 is 41.0 Å². The predicted octanol–water partition coefficient (Wildman–Crippen LogP) is 4.51. The van der Waals surface area contributed by atoms with E-state index in [0.29, 0.717) is 12.4 Å². The summed E-state index contributed by atoms with van der Waals surface area (Å²) >= 11 is 0. The lowest BCUT2D eigenvalue weighted by atomic mass is 10.1.